The van der Waals surface area contributed by atoms with Crippen LogP contribution in [0.15, 0.2) is 54.9 Å². The largest absolute Gasteiger partial charge is 0.352 e. The second-order valence-corrected chi connectivity index (χ2v) is 6.83. The number of carbonyl (C=O) groups is 1. The van der Waals surface area contributed by atoms with Gasteiger partial charge in [0.25, 0.3) is 0 Å². The fourth-order valence-corrected chi connectivity index (χ4v) is 3.29. The number of hydrogen-bond donors (Lipinski definition) is 1. The van der Waals surface area contributed by atoms with Gasteiger partial charge in [0.2, 0.25) is 5.91 Å². The Kier molecular flexibility index (Phi) is 5.96. The lowest BCUT2D eigenvalue weighted by atomic mass is 10.1. The van der Waals surface area contributed by atoms with Crippen molar-refractivity contribution in [2.45, 2.75) is 26.3 Å². The van der Waals surface area contributed by atoms with Crippen molar-refractivity contribution < 1.29 is 4.79 Å². The van der Waals surface area contributed by atoms with Gasteiger partial charge in [0.05, 0.1) is 5.69 Å². The molecule has 0 aliphatic rings. The Morgan fingerprint density at radius 2 is 1.96 bits per heavy atom. The van der Waals surface area contributed by atoms with Gasteiger partial charge in [0.15, 0.2) is 0 Å². The maximum atomic E-state index is 12.2. The van der Waals surface area contributed by atoms with Crippen LogP contribution in [0.1, 0.15) is 23.4 Å². The summed E-state index contributed by atoms with van der Waals surface area (Å²) in [5.41, 5.74) is 2.97. The molecule has 0 unspecified atom stereocenters. The number of aryl methyl sites for hydroxylation is 2. The van der Waals surface area contributed by atoms with E-state index >= 15 is 0 Å². The van der Waals surface area contributed by atoms with Crippen LogP contribution in [0.4, 0.5) is 0 Å². The number of halogens is 2. The van der Waals surface area contributed by atoms with E-state index in [0.29, 0.717) is 29.4 Å². The van der Waals surface area contributed by atoms with Gasteiger partial charge in [-0.15, -0.1) is 0 Å². The highest BCUT2D eigenvalue weighted by molar-refractivity contribution is 6.35. The zero-order chi connectivity index (χ0) is 18.5. The lowest BCUT2D eigenvalue weighted by molar-refractivity contribution is -0.121. The number of benzene rings is 2. The van der Waals surface area contributed by atoms with Crippen LogP contribution >= 0.6 is 23.2 Å². The minimum Gasteiger partial charge on any atom is -0.352 e. The van der Waals surface area contributed by atoms with Crippen molar-refractivity contribution in [1.29, 1.82) is 0 Å². The number of rotatable bonds is 6. The van der Waals surface area contributed by atoms with Crippen LogP contribution in [0.5, 0.6) is 0 Å². The molecule has 2 aromatic carbocycles. The van der Waals surface area contributed by atoms with Crippen molar-refractivity contribution in [2.75, 3.05) is 0 Å². The Hall–Kier alpha value is -2.30. The van der Waals surface area contributed by atoms with E-state index in [-0.39, 0.29) is 5.91 Å². The molecule has 0 saturated heterocycles. The van der Waals surface area contributed by atoms with E-state index in [1.165, 1.54) is 0 Å². The highest BCUT2D eigenvalue weighted by Crippen LogP contribution is 2.22. The molecule has 6 heteroatoms. The van der Waals surface area contributed by atoms with Gasteiger partial charge >= 0.3 is 0 Å². The first-order valence-corrected chi connectivity index (χ1v) is 9.09. The van der Waals surface area contributed by atoms with Gasteiger partial charge in [-0.05, 0) is 42.7 Å². The van der Waals surface area contributed by atoms with E-state index in [9.17, 15) is 4.79 Å². The predicted octanol–water partition coefficient (Wildman–Crippen LogP) is 4.74. The van der Waals surface area contributed by atoms with Gasteiger partial charge in [-0.1, -0.05) is 47.5 Å². The molecule has 1 N–H and O–H groups in total. The number of aromatic nitrogens is 2. The Bertz CT molecular complexity index is 921. The molecule has 0 radical (unpaired) electrons. The maximum Gasteiger partial charge on any atom is 0.220 e. The van der Waals surface area contributed by atoms with Crippen LogP contribution in [0, 0.1) is 6.92 Å². The minimum absolute atomic E-state index is 0.0202. The molecule has 1 heterocycles. The normalized spacial score (nSPS) is 10.7. The van der Waals surface area contributed by atoms with Crippen molar-refractivity contribution in [1.82, 2.24) is 14.9 Å². The van der Waals surface area contributed by atoms with Crippen LogP contribution in [-0.4, -0.2) is 15.5 Å². The highest BCUT2D eigenvalue weighted by atomic mass is 35.5. The first-order valence-electron chi connectivity index (χ1n) is 8.33. The van der Waals surface area contributed by atoms with E-state index in [1.807, 2.05) is 48.0 Å². The summed E-state index contributed by atoms with van der Waals surface area (Å²) in [6, 6.07) is 13.3. The average Bonchev–Trinajstić information content (AvgIpc) is 3.05. The zero-order valence-electron chi connectivity index (χ0n) is 14.4. The SMILES string of the molecule is Cc1nccn1-c1ccccc1CNC(=O)CCc1ccc(Cl)cc1Cl. The van der Waals surface area contributed by atoms with E-state index < -0.39 is 0 Å². The maximum absolute atomic E-state index is 12.2. The molecule has 0 saturated carbocycles. The number of hydrogen-bond acceptors (Lipinski definition) is 2. The first kappa shape index (κ1) is 18.5. The van der Waals surface area contributed by atoms with Crippen LogP contribution < -0.4 is 5.32 Å². The van der Waals surface area contributed by atoms with Gasteiger partial charge < -0.3 is 9.88 Å². The molecule has 0 fully saturated rings. The fourth-order valence-electron chi connectivity index (χ4n) is 2.78. The molecule has 3 aromatic rings. The van der Waals surface area contributed by atoms with Crippen molar-refractivity contribution in [3.8, 4) is 5.69 Å². The third kappa shape index (κ3) is 4.45. The van der Waals surface area contributed by atoms with E-state index in [4.69, 9.17) is 23.2 Å². The molecule has 3 rings (SSSR count). The van der Waals surface area contributed by atoms with Gasteiger partial charge in [0, 0.05) is 35.4 Å². The number of nitrogens with zero attached hydrogens (tertiary/aromatic N) is 2. The number of carbonyl (C=O) groups excluding carboxylic acids is 1. The standard InChI is InChI=1S/C20H19Cl2N3O/c1-14-23-10-11-25(14)19-5-3-2-4-16(19)13-24-20(26)9-7-15-6-8-17(21)12-18(15)22/h2-6,8,10-12H,7,9,13H2,1H3,(H,24,26). The van der Waals surface area contributed by atoms with Crippen LogP contribution in [0.2, 0.25) is 10.0 Å². The fraction of sp³-hybridized carbons (Fsp3) is 0.200. The summed E-state index contributed by atoms with van der Waals surface area (Å²) in [6.45, 7) is 2.41. The number of amides is 1. The molecule has 0 spiro atoms. The molecule has 26 heavy (non-hydrogen) atoms. The predicted molar refractivity (Wildman–Crippen MR) is 105 cm³/mol. The van der Waals surface area contributed by atoms with Crippen molar-refractivity contribution in [3.05, 3.63) is 81.9 Å². The molecular formula is C20H19Cl2N3O. The Morgan fingerprint density at radius 1 is 1.15 bits per heavy atom. The molecule has 4 nitrogen and oxygen atoms in total. The summed E-state index contributed by atoms with van der Waals surface area (Å²) in [4.78, 5) is 16.5. The third-order valence-corrected chi connectivity index (χ3v) is 4.78. The van der Waals surface area contributed by atoms with E-state index in [1.54, 1.807) is 18.3 Å². The Morgan fingerprint density at radius 3 is 2.69 bits per heavy atom. The first-order chi connectivity index (χ1) is 12.5. The van der Waals surface area contributed by atoms with Crippen molar-refractivity contribution in [3.63, 3.8) is 0 Å². The third-order valence-electron chi connectivity index (χ3n) is 4.19. The molecule has 1 aromatic heterocycles. The molecule has 0 bridgehead atoms. The van der Waals surface area contributed by atoms with Crippen LogP contribution in [-0.2, 0) is 17.8 Å². The number of nitrogens with one attached hydrogen (secondary N) is 1. The monoisotopic (exact) mass is 387 g/mol. The summed E-state index contributed by atoms with van der Waals surface area (Å²) in [5, 5.41) is 4.16. The average molecular weight is 388 g/mol. The summed E-state index contributed by atoms with van der Waals surface area (Å²) in [6.07, 6.45) is 4.62. The lowest BCUT2D eigenvalue weighted by Crippen LogP contribution is -2.23. The summed E-state index contributed by atoms with van der Waals surface area (Å²) >= 11 is 12.0. The zero-order valence-corrected chi connectivity index (χ0v) is 15.9. The van der Waals surface area contributed by atoms with E-state index in [0.717, 1.165) is 22.6 Å². The molecule has 1 amide bonds. The van der Waals surface area contributed by atoms with Gasteiger partial charge in [-0.2, -0.15) is 0 Å². The quantitative estimate of drug-likeness (QED) is 0.663. The van der Waals surface area contributed by atoms with Crippen molar-refractivity contribution in [2.24, 2.45) is 0 Å². The molecule has 0 aliphatic heterocycles. The molecular weight excluding hydrogens is 369 g/mol. The topological polar surface area (TPSA) is 46.9 Å². The van der Waals surface area contributed by atoms with Gasteiger partial charge in [-0.25, -0.2) is 4.98 Å². The van der Waals surface area contributed by atoms with Crippen LogP contribution in [0.25, 0.3) is 5.69 Å². The molecule has 0 aliphatic carbocycles. The summed E-state index contributed by atoms with van der Waals surface area (Å²) < 4.78 is 2.01. The molecule has 134 valence electrons. The van der Waals surface area contributed by atoms with Gasteiger partial charge in [0.1, 0.15) is 5.82 Å². The van der Waals surface area contributed by atoms with Crippen molar-refractivity contribution >= 4 is 29.1 Å². The molecule has 0 atom stereocenters. The second kappa shape index (κ2) is 8.39. The Labute approximate surface area is 162 Å². The minimum atomic E-state index is -0.0202. The van der Waals surface area contributed by atoms with E-state index in [2.05, 4.69) is 10.3 Å². The number of imidazole rings is 1. The second-order valence-electron chi connectivity index (χ2n) is 5.99. The Balaban J connectivity index is 1.61. The summed E-state index contributed by atoms with van der Waals surface area (Å²) in [5.74, 6) is 0.884. The number of para-hydroxylation sites is 1. The highest BCUT2D eigenvalue weighted by Gasteiger charge is 2.09. The summed E-state index contributed by atoms with van der Waals surface area (Å²) in [7, 11) is 0. The lowest BCUT2D eigenvalue weighted by Gasteiger charge is -2.13. The smallest absolute Gasteiger partial charge is 0.220 e. The van der Waals surface area contributed by atoms with Gasteiger partial charge in [-0.3, -0.25) is 4.79 Å². The van der Waals surface area contributed by atoms with Crippen LogP contribution in [0.3, 0.4) is 0 Å².